The summed E-state index contributed by atoms with van der Waals surface area (Å²) in [5, 5.41) is 2.45. The third-order valence-corrected chi connectivity index (χ3v) is 6.41. The molecule has 0 spiro atoms. The van der Waals surface area contributed by atoms with E-state index in [0.717, 1.165) is 38.3 Å². The highest BCUT2D eigenvalue weighted by Gasteiger charge is 2.39. The van der Waals surface area contributed by atoms with Crippen LogP contribution in [0, 0.1) is 12.8 Å². The minimum absolute atomic E-state index is 0.217. The highest BCUT2D eigenvalue weighted by molar-refractivity contribution is 5.30. The highest BCUT2D eigenvalue weighted by Crippen LogP contribution is 2.41. The van der Waals surface area contributed by atoms with Crippen LogP contribution in [0.25, 0.3) is 0 Å². The molecule has 0 radical (unpaired) electrons. The molecule has 3 rings (SSSR count). The second-order valence-electron chi connectivity index (χ2n) is 9.60. The number of benzene rings is 2. The number of aryl methyl sites for hydroxylation is 1. The number of rotatable bonds is 9. The highest BCUT2D eigenvalue weighted by atomic mass is 16.5. The monoisotopic (exact) mass is 410 g/mol. The molecule has 30 heavy (non-hydrogen) atoms. The van der Waals surface area contributed by atoms with E-state index in [-0.39, 0.29) is 11.5 Å². The molecule has 1 aliphatic rings. The maximum Gasteiger partial charge on any atom is 0.119 e. The summed E-state index contributed by atoms with van der Waals surface area (Å²) in [5.74, 6) is 1.51. The Bertz CT molecular complexity index is 766. The quantitative estimate of drug-likeness (QED) is 0.590. The van der Waals surface area contributed by atoms with Crippen LogP contribution in [-0.2, 0) is 16.7 Å². The summed E-state index contributed by atoms with van der Waals surface area (Å²) >= 11 is 0. The molecule has 2 N–H and O–H groups in total. The fourth-order valence-corrected chi connectivity index (χ4v) is 4.54. The van der Waals surface area contributed by atoms with Crippen molar-refractivity contribution in [2.24, 2.45) is 5.92 Å². The van der Waals surface area contributed by atoms with E-state index in [0.29, 0.717) is 12.0 Å². The summed E-state index contributed by atoms with van der Waals surface area (Å²) < 4.78 is 11.9. The Morgan fingerprint density at radius 2 is 1.73 bits per heavy atom. The van der Waals surface area contributed by atoms with Gasteiger partial charge in [0.05, 0.1) is 18.8 Å². The predicted molar refractivity (Wildman–Crippen MR) is 124 cm³/mol. The lowest BCUT2D eigenvalue weighted by molar-refractivity contribution is -0.671. The van der Waals surface area contributed by atoms with Gasteiger partial charge in [-0.3, -0.25) is 0 Å². The summed E-state index contributed by atoms with van der Waals surface area (Å²) in [5.41, 5.74) is 4.40. The van der Waals surface area contributed by atoms with Crippen molar-refractivity contribution in [2.45, 2.75) is 78.0 Å². The molecule has 2 aromatic carbocycles. The number of quaternary nitrogens is 1. The second kappa shape index (κ2) is 10.5. The number of hydrogen-bond donors (Lipinski definition) is 1. The van der Waals surface area contributed by atoms with Crippen molar-refractivity contribution in [3.05, 3.63) is 65.2 Å². The van der Waals surface area contributed by atoms with Gasteiger partial charge >= 0.3 is 0 Å². The van der Waals surface area contributed by atoms with E-state index in [4.69, 9.17) is 9.47 Å². The first-order valence-electron chi connectivity index (χ1n) is 11.6. The predicted octanol–water partition coefficient (Wildman–Crippen LogP) is 5.01. The lowest BCUT2D eigenvalue weighted by Gasteiger charge is -2.42. The number of ether oxygens (including phenoxy) is 2. The van der Waals surface area contributed by atoms with Crippen molar-refractivity contribution in [3.8, 4) is 5.75 Å². The second-order valence-corrected chi connectivity index (χ2v) is 9.60. The maximum atomic E-state index is 6.13. The molecular formula is C27H40NO2+. The van der Waals surface area contributed by atoms with Gasteiger partial charge in [-0.2, -0.15) is 0 Å². The van der Waals surface area contributed by atoms with Crippen molar-refractivity contribution in [3.63, 3.8) is 0 Å². The Morgan fingerprint density at radius 3 is 2.37 bits per heavy atom. The summed E-state index contributed by atoms with van der Waals surface area (Å²) in [4.78, 5) is 0. The molecule has 0 aliphatic carbocycles. The first-order chi connectivity index (χ1) is 14.4. The largest absolute Gasteiger partial charge is 0.491 e. The van der Waals surface area contributed by atoms with Gasteiger partial charge in [0, 0.05) is 24.0 Å². The Kier molecular flexibility index (Phi) is 7.96. The molecule has 1 aliphatic heterocycles. The molecule has 3 heteroatoms. The van der Waals surface area contributed by atoms with Crippen LogP contribution >= 0.6 is 0 Å². The molecule has 0 bridgehead atoms. The van der Waals surface area contributed by atoms with Gasteiger partial charge in [-0.1, -0.05) is 43.7 Å². The van der Waals surface area contributed by atoms with Gasteiger partial charge < -0.3 is 14.8 Å². The van der Waals surface area contributed by atoms with Crippen LogP contribution in [0.5, 0.6) is 5.75 Å². The van der Waals surface area contributed by atoms with E-state index in [1.165, 1.54) is 23.1 Å². The first-order valence-corrected chi connectivity index (χ1v) is 11.6. The topological polar surface area (TPSA) is 35.1 Å². The third-order valence-electron chi connectivity index (χ3n) is 6.41. The molecule has 1 heterocycles. The Morgan fingerprint density at radius 1 is 1.03 bits per heavy atom. The standard InChI is InChI=1S/C27H39NO2/c1-20(2)26-18-27(15-17-29-26,24-10-6-22(5)7-11-24)14-16-28-19-23-8-12-25(13-9-23)30-21(3)4/h6-13,20-21,26,28H,14-19H2,1-5H3/p+1/t26-,27-/m0/s1. The van der Waals surface area contributed by atoms with Crippen molar-refractivity contribution in [2.75, 3.05) is 13.2 Å². The molecule has 0 aromatic heterocycles. The zero-order chi connectivity index (χ0) is 21.6. The van der Waals surface area contributed by atoms with Crippen LogP contribution in [0.4, 0.5) is 0 Å². The molecule has 2 atom stereocenters. The van der Waals surface area contributed by atoms with E-state index in [9.17, 15) is 0 Å². The fraction of sp³-hybridized carbons (Fsp3) is 0.556. The van der Waals surface area contributed by atoms with Gasteiger partial charge in [-0.05, 0) is 69.4 Å². The maximum absolute atomic E-state index is 6.13. The zero-order valence-electron chi connectivity index (χ0n) is 19.5. The van der Waals surface area contributed by atoms with Crippen LogP contribution in [-0.4, -0.2) is 25.4 Å². The minimum atomic E-state index is 0.217. The third kappa shape index (κ3) is 6.09. The molecule has 0 unspecified atom stereocenters. The summed E-state index contributed by atoms with van der Waals surface area (Å²) in [6, 6.07) is 17.8. The average molecular weight is 411 g/mol. The fourth-order valence-electron chi connectivity index (χ4n) is 4.54. The Balaban J connectivity index is 1.62. The van der Waals surface area contributed by atoms with Crippen LogP contribution in [0.2, 0.25) is 0 Å². The lowest BCUT2D eigenvalue weighted by atomic mass is 9.68. The first kappa shape index (κ1) is 22.8. The molecule has 1 saturated heterocycles. The van der Waals surface area contributed by atoms with Crippen molar-refractivity contribution in [1.82, 2.24) is 0 Å². The molecule has 0 saturated carbocycles. The van der Waals surface area contributed by atoms with Crippen LogP contribution in [0.15, 0.2) is 48.5 Å². The van der Waals surface area contributed by atoms with Crippen molar-refractivity contribution in [1.29, 1.82) is 0 Å². The number of nitrogens with two attached hydrogens (primary N) is 1. The van der Waals surface area contributed by atoms with E-state index in [2.05, 4.69) is 88.5 Å². The molecule has 3 nitrogen and oxygen atoms in total. The van der Waals surface area contributed by atoms with Crippen LogP contribution in [0.1, 0.15) is 63.6 Å². The molecule has 1 fully saturated rings. The summed E-state index contributed by atoms with van der Waals surface area (Å²) in [7, 11) is 0. The summed E-state index contributed by atoms with van der Waals surface area (Å²) in [6.07, 6.45) is 4.01. The van der Waals surface area contributed by atoms with E-state index in [1.807, 2.05) is 0 Å². The van der Waals surface area contributed by atoms with Gasteiger partial charge in [0.2, 0.25) is 0 Å². The summed E-state index contributed by atoms with van der Waals surface area (Å²) in [6.45, 7) is 13.9. The van der Waals surface area contributed by atoms with Crippen LogP contribution < -0.4 is 10.1 Å². The lowest BCUT2D eigenvalue weighted by Crippen LogP contribution is -2.83. The number of hydrogen-bond acceptors (Lipinski definition) is 2. The average Bonchev–Trinajstić information content (AvgIpc) is 2.72. The molecule has 0 amide bonds. The Hall–Kier alpha value is -1.84. The zero-order valence-corrected chi connectivity index (χ0v) is 19.5. The van der Waals surface area contributed by atoms with Crippen molar-refractivity contribution < 1.29 is 14.8 Å². The molecule has 164 valence electrons. The van der Waals surface area contributed by atoms with Gasteiger partial charge in [0.15, 0.2) is 0 Å². The molecular weight excluding hydrogens is 370 g/mol. The SMILES string of the molecule is Cc1ccc([C@@]2(CC[NH2+]Cc3ccc(OC(C)C)cc3)CCO[C@H](C(C)C)C2)cc1. The van der Waals surface area contributed by atoms with E-state index in [1.54, 1.807) is 0 Å². The smallest absolute Gasteiger partial charge is 0.119 e. The van der Waals surface area contributed by atoms with Gasteiger partial charge in [-0.25, -0.2) is 0 Å². The minimum Gasteiger partial charge on any atom is -0.491 e. The van der Waals surface area contributed by atoms with Gasteiger partial charge in [-0.15, -0.1) is 0 Å². The Labute approximate surface area is 183 Å². The van der Waals surface area contributed by atoms with Gasteiger partial charge in [0.25, 0.3) is 0 Å². The van der Waals surface area contributed by atoms with E-state index < -0.39 is 0 Å². The van der Waals surface area contributed by atoms with Gasteiger partial charge in [0.1, 0.15) is 12.3 Å². The van der Waals surface area contributed by atoms with E-state index >= 15 is 0 Å². The van der Waals surface area contributed by atoms with Crippen LogP contribution in [0.3, 0.4) is 0 Å². The van der Waals surface area contributed by atoms with Crippen molar-refractivity contribution >= 4 is 0 Å². The normalized spacial score (nSPS) is 21.9. The molecule has 2 aromatic rings.